The second-order valence-electron chi connectivity index (χ2n) is 4.96. The van der Waals surface area contributed by atoms with Crippen molar-refractivity contribution in [1.82, 2.24) is 4.72 Å². The summed E-state index contributed by atoms with van der Waals surface area (Å²) in [7, 11) is -2.40. The number of sulfonamides is 1. The largest absolute Gasteiger partial charge is 0.392 e. The molecule has 0 amide bonds. The molecule has 1 aromatic carbocycles. The van der Waals surface area contributed by atoms with E-state index in [4.69, 9.17) is 27.9 Å². The Kier molecular flexibility index (Phi) is 5.83. The maximum atomic E-state index is 12.4. The van der Waals surface area contributed by atoms with Gasteiger partial charge in [0.15, 0.2) is 0 Å². The molecule has 1 rings (SSSR count). The van der Waals surface area contributed by atoms with E-state index in [-0.39, 0.29) is 27.1 Å². The van der Waals surface area contributed by atoms with E-state index in [9.17, 15) is 13.5 Å². The number of benzene rings is 1. The molecule has 114 valence electrons. The molecule has 2 N–H and O–H groups in total. The van der Waals surface area contributed by atoms with E-state index in [1.165, 1.54) is 19.2 Å². The van der Waals surface area contributed by atoms with Crippen molar-refractivity contribution in [3.8, 4) is 0 Å². The van der Waals surface area contributed by atoms with E-state index in [1.54, 1.807) is 13.8 Å². The number of aliphatic hydroxyl groups is 1. The monoisotopic (exact) mass is 341 g/mol. The Bertz CT molecular complexity index is 587. The number of hydrogen-bond donors (Lipinski definition) is 2. The molecule has 0 radical (unpaired) electrons. The number of ether oxygens (including phenoxy) is 1. The van der Waals surface area contributed by atoms with Crippen molar-refractivity contribution in [2.24, 2.45) is 0 Å². The zero-order valence-electron chi connectivity index (χ0n) is 11.4. The molecule has 0 atom stereocenters. The van der Waals surface area contributed by atoms with Crippen molar-refractivity contribution in [3.05, 3.63) is 27.7 Å². The van der Waals surface area contributed by atoms with Gasteiger partial charge in [-0.05, 0) is 31.5 Å². The van der Waals surface area contributed by atoms with Crippen LogP contribution in [-0.4, -0.2) is 32.8 Å². The minimum absolute atomic E-state index is 0.0439. The van der Waals surface area contributed by atoms with Crippen LogP contribution >= 0.6 is 23.2 Å². The van der Waals surface area contributed by atoms with Gasteiger partial charge >= 0.3 is 0 Å². The van der Waals surface area contributed by atoms with E-state index < -0.39 is 22.2 Å². The van der Waals surface area contributed by atoms with Crippen LogP contribution in [0.15, 0.2) is 17.0 Å². The first-order valence-corrected chi connectivity index (χ1v) is 7.98. The Balaban J connectivity index is 3.26. The van der Waals surface area contributed by atoms with Gasteiger partial charge in [-0.1, -0.05) is 23.2 Å². The molecule has 0 bridgehead atoms. The lowest BCUT2D eigenvalue weighted by Gasteiger charge is -2.25. The third kappa shape index (κ3) is 4.31. The molecule has 0 saturated carbocycles. The lowest BCUT2D eigenvalue weighted by Crippen LogP contribution is -2.46. The van der Waals surface area contributed by atoms with Crippen molar-refractivity contribution in [1.29, 1.82) is 0 Å². The molecular formula is C12H17Cl2NO4S. The minimum Gasteiger partial charge on any atom is -0.392 e. The van der Waals surface area contributed by atoms with Gasteiger partial charge < -0.3 is 9.84 Å². The molecule has 5 nitrogen and oxygen atoms in total. The number of aliphatic hydroxyl groups excluding tert-OH is 1. The number of rotatable bonds is 6. The van der Waals surface area contributed by atoms with Crippen LogP contribution in [0.1, 0.15) is 19.4 Å². The Labute approximate surface area is 128 Å². The molecule has 0 aliphatic rings. The molecule has 0 aliphatic heterocycles. The van der Waals surface area contributed by atoms with Crippen molar-refractivity contribution in [2.45, 2.75) is 30.9 Å². The summed E-state index contributed by atoms with van der Waals surface area (Å²) in [6.45, 7) is 3.15. The molecule has 0 fully saturated rings. The quantitative estimate of drug-likeness (QED) is 0.831. The third-order valence-corrected chi connectivity index (χ3v) is 4.95. The van der Waals surface area contributed by atoms with E-state index in [0.29, 0.717) is 0 Å². The summed E-state index contributed by atoms with van der Waals surface area (Å²) in [5.74, 6) is 0. The van der Waals surface area contributed by atoms with E-state index >= 15 is 0 Å². The third-order valence-electron chi connectivity index (χ3n) is 2.46. The zero-order chi connectivity index (χ0) is 15.6. The van der Waals surface area contributed by atoms with E-state index in [0.717, 1.165) is 0 Å². The Hall–Kier alpha value is -0.370. The van der Waals surface area contributed by atoms with Gasteiger partial charge in [0, 0.05) is 12.1 Å². The van der Waals surface area contributed by atoms with Crippen molar-refractivity contribution in [2.75, 3.05) is 13.7 Å². The van der Waals surface area contributed by atoms with Crippen LogP contribution in [-0.2, 0) is 21.4 Å². The zero-order valence-corrected chi connectivity index (χ0v) is 13.7. The highest BCUT2D eigenvalue weighted by Gasteiger charge is 2.28. The van der Waals surface area contributed by atoms with Gasteiger partial charge in [0.2, 0.25) is 10.0 Å². The lowest BCUT2D eigenvalue weighted by molar-refractivity contribution is 0.141. The summed E-state index contributed by atoms with van der Waals surface area (Å²) in [4.78, 5) is -0.167. The van der Waals surface area contributed by atoms with Gasteiger partial charge in [-0.15, -0.1) is 0 Å². The predicted molar refractivity (Wildman–Crippen MR) is 78.7 cm³/mol. The van der Waals surface area contributed by atoms with Gasteiger partial charge in [0.05, 0.1) is 23.8 Å². The van der Waals surface area contributed by atoms with Crippen LogP contribution in [0.3, 0.4) is 0 Å². The summed E-state index contributed by atoms with van der Waals surface area (Å²) in [5.41, 5.74) is -0.553. The number of nitrogens with one attached hydrogen (secondary N) is 1. The summed E-state index contributed by atoms with van der Waals surface area (Å²) < 4.78 is 32.2. The first-order chi connectivity index (χ1) is 9.13. The predicted octanol–water partition coefficient (Wildman–Crippen LogP) is 2.19. The molecule has 1 aromatic rings. The van der Waals surface area contributed by atoms with Gasteiger partial charge in [0.1, 0.15) is 4.90 Å². The maximum Gasteiger partial charge on any atom is 0.242 e. The highest BCUT2D eigenvalue weighted by Crippen LogP contribution is 2.30. The standard InChI is InChI=1S/C12H17Cl2NO4S/c1-12(2,7-19-3)15-20(17,18)10-5-9(13)4-8(6-16)11(10)14/h4-5,15-16H,6-7H2,1-3H3. The van der Waals surface area contributed by atoms with Crippen molar-refractivity contribution in [3.63, 3.8) is 0 Å². The molecule has 8 heteroatoms. The summed E-state index contributed by atoms with van der Waals surface area (Å²) in [5, 5.41) is 9.31. The minimum atomic E-state index is -3.88. The van der Waals surface area contributed by atoms with Gasteiger partial charge in [-0.25, -0.2) is 13.1 Å². The highest BCUT2D eigenvalue weighted by atomic mass is 35.5. The van der Waals surface area contributed by atoms with Crippen LogP contribution in [0.2, 0.25) is 10.0 Å². The number of hydrogen-bond acceptors (Lipinski definition) is 4. The second-order valence-corrected chi connectivity index (χ2v) is 7.42. The first-order valence-electron chi connectivity index (χ1n) is 5.74. The van der Waals surface area contributed by atoms with Crippen molar-refractivity contribution >= 4 is 33.2 Å². The van der Waals surface area contributed by atoms with Crippen LogP contribution in [0.25, 0.3) is 0 Å². The Morgan fingerprint density at radius 1 is 1.35 bits per heavy atom. The molecule has 20 heavy (non-hydrogen) atoms. The lowest BCUT2D eigenvalue weighted by atomic mass is 10.1. The highest BCUT2D eigenvalue weighted by molar-refractivity contribution is 7.89. The molecule has 0 saturated heterocycles. The Morgan fingerprint density at radius 3 is 2.45 bits per heavy atom. The average molecular weight is 342 g/mol. The second kappa shape index (κ2) is 6.60. The fourth-order valence-electron chi connectivity index (χ4n) is 1.74. The molecule has 0 aliphatic carbocycles. The van der Waals surface area contributed by atoms with E-state index in [1.807, 2.05) is 0 Å². The summed E-state index contributed by atoms with van der Waals surface area (Å²) >= 11 is 11.9. The Morgan fingerprint density at radius 2 is 1.95 bits per heavy atom. The fraction of sp³-hybridized carbons (Fsp3) is 0.500. The van der Waals surface area contributed by atoms with Crippen LogP contribution < -0.4 is 4.72 Å². The molecular weight excluding hydrogens is 325 g/mol. The smallest absolute Gasteiger partial charge is 0.242 e. The van der Waals surface area contributed by atoms with Crippen LogP contribution in [0, 0.1) is 0 Å². The number of methoxy groups -OCH3 is 1. The SMILES string of the molecule is COCC(C)(C)NS(=O)(=O)c1cc(Cl)cc(CO)c1Cl. The first kappa shape index (κ1) is 17.7. The average Bonchev–Trinajstić information content (AvgIpc) is 2.29. The van der Waals surface area contributed by atoms with Gasteiger partial charge in [0.25, 0.3) is 0 Å². The maximum absolute atomic E-state index is 12.4. The van der Waals surface area contributed by atoms with Gasteiger partial charge in [-0.3, -0.25) is 0 Å². The van der Waals surface area contributed by atoms with Crippen molar-refractivity contribution < 1.29 is 18.3 Å². The molecule has 0 unspecified atom stereocenters. The topological polar surface area (TPSA) is 75.6 Å². The number of halogens is 2. The summed E-state index contributed by atoms with van der Waals surface area (Å²) in [6.07, 6.45) is 0. The normalized spacial score (nSPS) is 12.7. The van der Waals surface area contributed by atoms with E-state index in [2.05, 4.69) is 4.72 Å². The summed E-state index contributed by atoms with van der Waals surface area (Å²) in [6, 6.07) is 2.66. The van der Waals surface area contributed by atoms with Crippen LogP contribution in [0.4, 0.5) is 0 Å². The molecule has 0 heterocycles. The molecule has 0 spiro atoms. The van der Waals surface area contributed by atoms with Crippen LogP contribution in [0.5, 0.6) is 0 Å². The van der Waals surface area contributed by atoms with Gasteiger partial charge in [-0.2, -0.15) is 0 Å². The fourth-order valence-corrected chi connectivity index (χ4v) is 4.06. The molecule has 0 aromatic heterocycles.